The van der Waals surface area contributed by atoms with Crippen LogP contribution in [0.2, 0.25) is 10.0 Å². The predicted octanol–water partition coefficient (Wildman–Crippen LogP) is 3.69. The van der Waals surface area contributed by atoms with Crippen molar-refractivity contribution in [1.82, 2.24) is 9.78 Å². The molecule has 2 aromatic rings. The number of aromatic nitrogens is 2. The minimum absolute atomic E-state index is 0.158. The van der Waals surface area contributed by atoms with Crippen LogP contribution in [0.25, 0.3) is 0 Å². The number of nitro benzene ring substituents is 1. The Kier molecular flexibility index (Phi) is 4.99. The van der Waals surface area contributed by atoms with Gasteiger partial charge < -0.3 is 5.32 Å². The number of non-ortho nitro benzene ring substituents is 1. The number of benzene rings is 1. The molecule has 1 atom stereocenters. The molecule has 1 aromatic heterocycles. The number of anilines is 1. The van der Waals surface area contributed by atoms with Gasteiger partial charge in [-0.1, -0.05) is 30.1 Å². The van der Waals surface area contributed by atoms with Crippen LogP contribution < -0.4 is 5.32 Å². The zero-order chi connectivity index (χ0) is 16.3. The van der Waals surface area contributed by atoms with Crippen molar-refractivity contribution in [3.8, 4) is 0 Å². The van der Waals surface area contributed by atoms with Gasteiger partial charge in [0, 0.05) is 18.3 Å². The van der Waals surface area contributed by atoms with E-state index >= 15 is 0 Å². The lowest BCUT2D eigenvalue weighted by Gasteiger charge is -2.16. The summed E-state index contributed by atoms with van der Waals surface area (Å²) in [6.45, 7) is 1.81. The van der Waals surface area contributed by atoms with Gasteiger partial charge in [-0.25, -0.2) is 0 Å². The molecule has 22 heavy (non-hydrogen) atoms. The van der Waals surface area contributed by atoms with Gasteiger partial charge in [-0.3, -0.25) is 19.6 Å². The lowest BCUT2D eigenvalue weighted by atomic mass is 10.2. The number of hydrogen-bond donors (Lipinski definition) is 1. The van der Waals surface area contributed by atoms with Crippen molar-refractivity contribution in [2.75, 3.05) is 5.32 Å². The number of halogens is 2. The lowest BCUT2D eigenvalue weighted by Crippen LogP contribution is -2.26. The molecule has 0 fully saturated rings. The molecule has 1 aromatic carbocycles. The third kappa shape index (κ3) is 3.55. The molecule has 0 aliphatic carbocycles. The third-order valence-corrected chi connectivity index (χ3v) is 3.52. The quantitative estimate of drug-likeness (QED) is 0.662. The number of hydrogen-bond acceptors (Lipinski definition) is 4. The largest absolute Gasteiger partial charge is 0.323 e. The van der Waals surface area contributed by atoms with E-state index in [1.165, 1.54) is 35.3 Å². The van der Waals surface area contributed by atoms with E-state index in [-0.39, 0.29) is 22.3 Å². The second kappa shape index (κ2) is 6.76. The Balaban J connectivity index is 2.23. The fraction of sp³-hybridized carbons (Fsp3) is 0.231. The summed E-state index contributed by atoms with van der Waals surface area (Å²) in [4.78, 5) is 22.6. The monoisotopic (exact) mass is 342 g/mol. The molecule has 0 aliphatic heterocycles. The van der Waals surface area contributed by atoms with Crippen LogP contribution in [0.3, 0.4) is 0 Å². The summed E-state index contributed by atoms with van der Waals surface area (Å²) in [6.07, 6.45) is 3.43. The second-order valence-electron chi connectivity index (χ2n) is 4.47. The van der Waals surface area contributed by atoms with E-state index in [0.29, 0.717) is 11.4 Å². The number of rotatable bonds is 5. The Morgan fingerprint density at radius 3 is 2.77 bits per heavy atom. The molecule has 0 spiro atoms. The van der Waals surface area contributed by atoms with Crippen molar-refractivity contribution >= 4 is 40.5 Å². The van der Waals surface area contributed by atoms with Crippen molar-refractivity contribution in [2.24, 2.45) is 0 Å². The summed E-state index contributed by atoms with van der Waals surface area (Å²) < 4.78 is 1.43. The van der Waals surface area contributed by atoms with E-state index in [4.69, 9.17) is 23.2 Å². The van der Waals surface area contributed by atoms with Gasteiger partial charge in [0.25, 0.3) is 5.69 Å². The highest BCUT2D eigenvalue weighted by Crippen LogP contribution is 2.28. The summed E-state index contributed by atoms with van der Waals surface area (Å²) in [5.41, 5.74) is 0.0208. The Morgan fingerprint density at radius 2 is 2.23 bits per heavy atom. The first kappa shape index (κ1) is 16.3. The fourth-order valence-electron chi connectivity index (χ4n) is 1.92. The third-order valence-electron chi connectivity index (χ3n) is 3.00. The zero-order valence-electron chi connectivity index (χ0n) is 11.5. The van der Waals surface area contributed by atoms with Crippen molar-refractivity contribution in [2.45, 2.75) is 19.4 Å². The van der Waals surface area contributed by atoms with E-state index in [0.717, 1.165) is 0 Å². The summed E-state index contributed by atoms with van der Waals surface area (Å²) in [5, 5.41) is 18.0. The van der Waals surface area contributed by atoms with Crippen molar-refractivity contribution < 1.29 is 9.72 Å². The first-order valence-corrected chi connectivity index (χ1v) is 7.12. The molecule has 1 amide bonds. The molecule has 1 unspecified atom stereocenters. The van der Waals surface area contributed by atoms with Crippen LogP contribution in [0, 0.1) is 10.1 Å². The van der Waals surface area contributed by atoms with E-state index in [1.807, 2.05) is 6.92 Å². The second-order valence-corrected chi connectivity index (χ2v) is 5.32. The number of nitrogens with one attached hydrogen (secondary N) is 1. The minimum atomic E-state index is -0.595. The van der Waals surface area contributed by atoms with E-state index in [2.05, 4.69) is 10.4 Å². The Bertz CT molecular complexity index is 717. The lowest BCUT2D eigenvalue weighted by molar-refractivity contribution is -0.384. The molecule has 0 saturated carbocycles. The van der Waals surface area contributed by atoms with Crippen molar-refractivity contribution in [3.63, 3.8) is 0 Å². The number of amides is 1. The number of nitrogens with zero attached hydrogens (tertiary/aromatic N) is 3. The Hall–Kier alpha value is -2.12. The molecule has 0 aliphatic rings. The first-order valence-electron chi connectivity index (χ1n) is 6.36. The fourth-order valence-corrected chi connectivity index (χ4v) is 2.22. The maximum absolute atomic E-state index is 12.3. The molecule has 1 heterocycles. The number of nitro groups is 1. The highest BCUT2D eigenvalue weighted by molar-refractivity contribution is 6.33. The molecule has 0 radical (unpaired) electrons. The van der Waals surface area contributed by atoms with Crippen LogP contribution in [-0.4, -0.2) is 20.6 Å². The van der Waals surface area contributed by atoms with Crippen LogP contribution in [0.4, 0.5) is 11.4 Å². The number of carbonyl (C=O) groups is 1. The van der Waals surface area contributed by atoms with Gasteiger partial charge in [-0.2, -0.15) is 5.10 Å². The van der Waals surface area contributed by atoms with Gasteiger partial charge in [-0.15, -0.1) is 0 Å². The topological polar surface area (TPSA) is 90.1 Å². The molecule has 2 rings (SSSR count). The molecule has 7 nitrogen and oxygen atoms in total. The van der Waals surface area contributed by atoms with Gasteiger partial charge in [-0.05, 0) is 12.5 Å². The molecule has 1 N–H and O–H groups in total. The van der Waals surface area contributed by atoms with E-state index in [1.54, 1.807) is 0 Å². The molecular formula is C13H12Cl2N4O3. The summed E-state index contributed by atoms with van der Waals surface area (Å²) >= 11 is 11.8. The van der Waals surface area contributed by atoms with Gasteiger partial charge in [0.05, 0.1) is 26.9 Å². The molecule has 0 saturated heterocycles. The van der Waals surface area contributed by atoms with Crippen LogP contribution >= 0.6 is 23.2 Å². The Labute approximate surface area is 136 Å². The van der Waals surface area contributed by atoms with Crippen LogP contribution in [0.5, 0.6) is 0 Å². The van der Waals surface area contributed by atoms with Crippen molar-refractivity contribution in [1.29, 1.82) is 0 Å². The summed E-state index contributed by atoms with van der Waals surface area (Å²) in [5.74, 6) is -0.385. The van der Waals surface area contributed by atoms with Gasteiger partial charge in [0.2, 0.25) is 5.91 Å². The average Bonchev–Trinajstić information content (AvgIpc) is 2.88. The molecule has 9 heteroatoms. The Morgan fingerprint density at radius 1 is 1.50 bits per heavy atom. The molecule has 116 valence electrons. The zero-order valence-corrected chi connectivity index (χ0v) is 13.0. The summed E-state index contributed by atoms with van der Waals surface area (Å²) in [7, 11) is 0. The standard InChI is InChI=1S/C13H12Cl2N4O3/c1-2-12(18-7-8(14)6-16-18)13(20)17-11-5-9(19(21)22)3-4-10(11)15/h3-7,12H,2H2,1H3,(H,17,20). The SMILES string of the molecule is CCC(C(=O)Nc1cc([N+](=O)[O-])ccc1Cl)n1cc(Cl)cn1. The van der Waals surface area contributed by atoms with Gasteiger partial charge in [0.15, 0.2) is 0 Å². The van der Waals surface area contributed by atoms with E-state index < -0.39 is 11.0 Å². The number of carbonyl (C=O) groups excluding carboxylic acids is 1. The molecular weight excluding hydrogens is 331 g/mol. The van der Waals surface area contributed by atoms with Crippen LogP contribution in [0.1, 0.15) is 19.4 Å². The maximum atomic E-state index is 12.3. The van der Waals surface area contributed by atoms with Crippen LogP contribution in [-0.2, 0) is 4.79 Å². The van der Waals surface area contributed by atoms with Crippen LogP contribution in [0.15, 0.2) is 30.6 Å². The maximum Gasteiger partial charge on any atom is 0.271 e. The predicted molar refractivity (Wildman–Crippen MR) is 83.3 cm³/mol. The average molecular weight is 343 g/mol. The van der Waals surface area contributed by atoms with Crippen molar-refractivity contribution in [3.05, 3.63) is 50.8 Å². The highest BCUT2D eigenvalue weighted by atomic mass is 35.5. The highest BCUT2D eigenvalue weighted by Gasteiger charge is 2.21. The first-order chi connectivity index (χ1) is 10.4. The summed E-state index contributed by atoms with van der Waals surface area (Å²) in [6, 6.07) is 3.25. The molecule has 0 bridgehead atoms. The normalized spacial score (nSPS) is 12.0. The van der Waals surface area contributed by atoms with Gasteiger partial charge in [0.1, 0.15) is 6.04 Å². The smallest absolute Gasteiger partial charge is 0.271 e. The van der Waals surface area contributed by atoms with E-state index in [9.17, 15) is 14.9 Å². The van der Waals surface area contributed by atoms with Gasteiger partial charge >= 0.3 is 0 Å². The minimum Gasteiger partial charge on any atom is -0.323 e.